The number of methoxy groups -OCH3 is 2. The number of rotatable bonds is 9. The van der Waals surface area contributed by atoms with Gasteiger partial charge in [-0.05, 0) is 32.0 Å². The van der Waals surface area contributed by atoms with Gasteiger partial charge in [-0.3, -0.25) is 9.10 Å². The molecule has 0 atom stereocenters. The molecule has 0 saturated carbocycles. The first-order valence-corrected chi connectivity index (χ1v) is 10.7. The lowest BCUT2D eigenvalue weighted by molar-refractivity contribution is 0.102. The van der Waals surface area contributed by atoms with Crippen LogP contribution < -0.4 is 23.8 Å². The number of hydrogen-bond acceptors (Lipinski definition) is 6. The van der Waals surface area contributed by atoms with Crippen LogP contribution in [0.25, 0.3) is 0 Å². The van der Waals surface area contributed by atoms with E-state index in [4.69, 9.17) is 14.2 Å². The van der Waals surface area contributed by atoms with Crippen molar-refractivity contribution in [1.29, 1.82) is 0 Å². The van der Waals surface area contributed by atoms with Crippen LogP contribution in [0.2, 0.25) is 0 Å². The first-order valence-electron chi connectivity index (χ1n) is 9.04. The molecule has 158 valence electrons. The standard InChI is InChI=1S/C20H26N2O6S/c1-6-28-17-11-9-8-10-15(17)21-20(23)14-12-18(26-4)19(27-5)13-16(14)22(3)29(24,25)7-2/h8-13H,6-7H2,1-5H3,(H,21,23). The van der Waals surface area contributed by atoms with Crippen LogP contribution in [0, 0.1) is 0 Å². The van der Waals surface area contributed by atoms with Gasteiger partial charge in [-0.25, -0.2) is 8.42 Å². The van der Waals surface area contributed by atoms with Gasteiger partial charge in [-0.2, -0.15) is 0 Å². The number of sulfonamides is 1. The molecule has 29 heavy (non-hydrogen) atoms. The van der Waals surface area contributed by atoms with Crippen LogP contribution in [0.1, 0.15) is 24.2 Å². The lowest BCUT2D eigenvalue weighted by Crippen LogP contribution is -2.30. The summed E-state index contributed by atoms with van der Waals surface area (Å²) < 4.78 is 42.0. The number of carbonyl (C=O) groups is 1. The van der Waals surface area contributed by atoms with E-state index in [0.29, 0.717) is 29.5 Å². The van der Waals surface area contributed by atoms with Crippen molar-refractivity contribution in [3.05, 3.63) is 42.0 Å². The monoisotopic (exact) mass is 422 g/mol. The van der Waals surface area contributed by atoms with Gasteiger partial charge in [0.05, 0.1) is 43.5 Å². The molecule has 0 radical (unpaired) electrons. The molecular formula is C20H26N2O6S. The Morgan fingerprint density at radius 2 is 1.66 bits per heavy atom. The van der Waals surface area contributed by atoms with Gasteiger partial charge in [0, 0.05) is 13.1 Å². The van der Waals surface area contributed by atoms with Crippen molar-refractivity contribution in [3.63, 3.8) is 0 Å². The average molecular weight is 423 g/mol. The lowest BCUT2D eigenvalue weighted by Gasteiger charge is -2.23. The number of amides is 1. The van der Waals surface area contributed by atoms with Crippen LogP contribution in [-0.2, 0) is 10.0 Å². The van der Waals surface area contributed by atoms with Gasteiger partial charge in [-0.15, -0.1) is 0 Å². The van der Waals surface area contributed by atoms with Gasteiger partial charge in [0.2, 0.25) is 10.0 Å². The number of hydrogen-bond donors (Lipinski definition) is 1. The van der Waals surface area contributed by atoms with E-state index < -0.39 is 15.9 Å². The van der Waals surface area contributed by atoms with Crippen LogP contribution in [-0.4, -0.2) is 48.0 Å². The Kier molecular flexibility index (Phi) is 7.33. The molecule has 0 aliphatic rings. The molecule has 2 aromatic carbocycles. The van der Waals surface area contributed by atoms with E-state index in [1.54, 1.807) is 24.3 Å². The molecule has 0 heterocycles. The first-order chi connectivity index (χ1) is 13.8. The normalized spacial score (nSPS) is 10.9. The van der Waals surface area contributed by atoms with E-state index >= 15 is 0 Å². The van der Waals surface area contributed by atoms with Crippen LogP contribution in [0.15, 0.2) is 36.4 Å². The summed E-state index contributed by atoms with van der Waals surface area (Å²) in [5, 5.41) is 2.78. The van der Waals surface area contributed by atoms with Crippen molar-refractivity contribution < 1.29 is 27.4 Å². The number of nitrogens with one attached hydrogen (secondary N) is 1. The zero-order valence-electron chi connectivity index (χ0n) is 17.2. The number of nitrogens with zero attached hydrogens (tertiary/aromatic N) is 1. The Balaban J connectivity index is 2.56. The number of carbonyl (C=O) groups excluding carboxylic acids is 1. The Bertz CT molecular complexity index is 975. The fourth-order valence-corrected chi connectivity index (χ4v) is 3.53. The number of benzene rings is 2. The third kappa shape index (κ3) is 4.92. The van der Waals surface area contributed by atoms with E-state index in [0.717, 1.165) is 4.31 Å². The molecule has 0 aromatic heterocycles. The number of para-hydroxylation sites is 2. The van der Waals surface area contributed by atoms with Crippen molar-refractivity contribution in [1.82, 2.24) is 0 Å². The molecule has 0 aliphatic carbocycles. The van der Waals surface area contributed by atoms with Gasteiger partial charge in [0.25, 0.3) is 5.91 Å². The average Bonchev–Trinajstić information content (AvgIpc) is 2.73. The predicted octanol–water partition coefficient (Wildman–Crippen LogP) is 3.14. The fraction of sp³-hybridized carbons (Fsp3) is 0.350. The van der Waals surface area contributed by atoms with Gasteiger partial charge in [0.1, 0.15) is 5.75 Å². The number of ether oxygens (including phenoxy) is 3. The van der Waals surface area contributed by atoms with Crippen molar-refractivity contribution in [2.75, 3.05) is 43.2 Å². The van der Waals surface area contributed by atoms with E-state index in [1.165, 1.54) is 40.3 Å². The summed E-state index contributed by atoms with van der Waals surface area (Å²) in [7, 11) is 0.664. The predicted molar refractivity (Wildman–Crippen MR) is 113 cm³/mol. The highest BCUT2D eigenvalue weighted by molar-refractivity contribution is 7.92. The zero-order chi connectivity index (χ0) is 21.6. The van der Waals surface area contributed by atoms with Crippen LogP contribution in [0.5, 0.6) is 17.2 Å². The number of anilines is 2. The summed E-state index contributed by atoms with van der Waals surface area (Å²) in [6.45, 7) is 3.81. The highest BCUT2D eigenvalue weighted by atomic mass is 32.2. The first kappa shape index (κ1) is 22.4. The molecule has 0 fully saturated rings. The SMILES string of the molecule is CCOc1ccccc1NC(=O)c1cc(OC)c(OC)cc1N(C)S(=O)(=O)CC. The zero-order valence-corrected chi connectivity index (χ0v) is 18.0. The Hall–Kier alpha value is -2.94. The van der Waals surface area contributed by atoms with Gasteiger partial charge in [0.15, 0.2) is 11.5 Å². The summed E-state index contributed by atoms with van der Waals surface area (Å²) in [4.78, 5) is 13.1. The highest BCUT2D eigenvalue weighted by Gasteiger charge is 2.25. The minimum Gasteiger partial charge on any atom is -0.493 e. The molecule has 0 unspecified atom stereocenters. The second-order valence-electron chi connectivity index (χ2n) is 5.98. The Morgan fingerprint density at radius 1 is 1.03 bits per heavy atom. The maximum Gasteiger partial charge on any atom is 0.258 e. The van der Waals surface area contributed by atoms with Crippen molar-refractivity contribution in [3.8, 4) is 17.2 Å². The Morgan fingerprint density at radius 3 is 2.24 bits per heavy atom. The summed E-state index contributed by atoms with van der Waals surface area (Å²) in [6.07, 6.45) is 0. The van der Waals surface area contributed by atoms with E-state index in [9.17, 15) is 13.2 Å². The molecule has 1 amide bonds. The molecule has 2 aromatic rings. The van der Waals surface area contributed by atoms with Gasteiger partial charge >= 0.3 is 0 Å². The van der Waals surface area contributed by atoms with Gasteiger partial charge < -0.3 is 19.5 Å². The van der Waals surface area contributed by atoms with E-state index in [1.807, 2.05) is 6.92 Å². The largest absolute Gasteiger partial charge is 0.493 e. The lowest BCUT2D eigenvalue weighted by atomic mass is 10.1. The quantitative estimate of drug-likeness (QED) is 0.667. The van der Waals surface area contributed by atoms with Crippen LogP contribution in [0.4, 0.5) is 11.4 Å². The third-order valence-electron chi connectivity index (χ3n) is 4.30. The fourth-order valence-electron chi connectivity index (χ4n) is 2.70. The van der Waals surface area contributed by atoms with Crippen molar-refractivity contribution in [2.24, 2.45) is 0 Å². The molecule has 8 nitrogen and oxygen atoms in total. The molecule has 9 heteroatoms. The third-order valence-corrected chi connectivity index (χ3v) is 6.06. The minimum absolute atomic E-state index is 0.119. The van der Waals surface area contributed by atoms with E-state index in [-0.39, 0.29) is 17.0 Å². The molecule has 2 rings (SSSR count). The molecule has 0 bridgehead atoms. The van der Waals surface area contributed by atoms with Crippen LogP contribution in [0.3, 0.4) is 0 Å². The molecule has 0 saturated heterocycles. The molecule has 1 N–H and O–H groups in total. The maximum absolute atomic E-state index is 13.1. The summed E-state index contributed by atoms with van der Waals surface area (Å²) in [5.41, 5.74) is 0.769. The van der Waals surface area contributed by atoms with E-state index in [2.05, 4.69) is 5.32 Å². The topological polar surface area (TPSA) is 94.2 Å². The summed E-state index contributed by atoms with van der Waals surface area (Å²) >= 11 is 0. The Labute approximate surface area is 171 Å². The summed E-state index contributed by atoms with van der Waals surface area (Å²) in [6, 6.07) is 9.92. The molecule has 0 aliphatic heterocycles. The molecular weight excluding hydrogens is 396 g/mol. The maximum atomic E-state index is 13.1. The second kappa shape index (κ2) is 9.51. The minimum atomic E-state index is -3.61. The van der Waals surface area contributed by atoms with Crippen molar-refractivity contribution >= 4 is 27.3 Å². The second-order valence-corrected chi connectivity index (χ2v) is 8.26. The van der Waals surface area contributed by atoms with Crippen molar-refractivity contribution in [2.45, 2.75) is 13.8 Å². The van der Waals surface area contributed by atoms with Crippen LogP contribution >= 0.6 is 0 Å². The highest BCUT2D eigenvalue weighted by Crippen LogP contribution is 2.36. The van der Waals surface area contributed by atoms with Gasteiger partial charge in [-0.1, -0.05) is 12.1 Å². The molecule has 0 spiro atoms. The summed E-state index contributed by atoms with van der Waals surface area (Å²) in [5.74, 6) is 0.506. The smallest absolute Gasteiger partial charge is 0.258 e.